The van der Waals surface area contributed by atoms with Crippen molar-refractivity contribution < 1.29 is 4.79 Å². The van der Waals surface area contributed by atoms with Crippen LogP contribution in [0.3, 0.4) is 0 Å². The van der Waals surface area contributed by atoms with Gasteiger partial charge in [-0.05, 0) is 42.9 Å². The van der Waals surface area contributed by atoms with Crippen LogP contribution in [0.25, 0.3) is 0 Å². The number of hydrogen-bond acceptors (Lipinski definition) is 3. The number of aromatic nitrogens is 1. The van der Waals surface area contributed by atoms with Gasteiger partial charge in [0, 0.05) is 31.5 Å². The third-order valence-corrected chi connectivity index (χ3v) is 4.65. The van der Waals surface area contributed by atoms with Gasteiger partial charge in [0.15, 0.2) is 0 Å². The molecule has 1 atom stereocenters. The van der Waals surface area contributed by atoms with Gasteiger partial charge in [0.05, 0.1) is 0 Å². The number of anilines is 1. The number of pyridine rings is 1. The number of rotatable bonds is 4. The summed E-state index contributed by atoms with van der Waals surface area (Å²) in [7, 11) is 0. The summed E-state index contributed by atoms with van der Waals surface area (Å²) in [5, 5.41) is 2.94. The van der Waals surface area contributed by atoms with E-state index in [1.807, 2.05) is 42.5 Å². The molecule has 0 unspecified atom stereocenters. The summed E-state index contributed by atoms with van der Waals surface area (Å²) in [6.07, 6.45) is 5.43. The molecule has 3 rings (SSSR count). The van der Waals surface area contributed by atoms with Crippen molar-refractivity contribution in [2.45, 2.75) is 32.7 Å². The second-order valence-electron chi connectivity index (χ2n) is 6.59. The van der Waals surface area contributed by atoms with E-state index in [9.17, 15) is 4.79 Å². The van der Waals surface area contributed by atoms with E-state index in [2.05, 4.69) is 22.1 Å². The summed E-state index contributed by atoms with van der Waals surface area (Å²) in [5.41, 5.74) is 2.67. The average molecular weight is 323 g/mol. The third kappa shape index (κ3) is 4.34. The molecule has 0 aliphatic carbocycles. The lowest BCUT2D eigenvalue weighted by molar-refractivity contribution is 0.0946. The van der Waals surface area contributed by atoms with Crippen LogP contribution in [-0.2, 0) is 6.54 Å². The lowest BCUT2D eigenvalue weighted by Gasteiger charge is -2.23. The van der Waals surface area contributed by atoms with Crippen molar-refractivity contribution in [2.75, 3.05) is 18.0 Å². The van der Waals surface area contributed by atoms with Gasteiger partial charge < -0.3 is 10.2 Å². The summed E-state index contributed by atoms with van der Waals surface area (Å²) < 4.78 is 0. The fourth-order valence-corrected chi connectivity index (χ4v) is 3.13. The molecular formula is C20H25N3O. The molecule has 0 bridgehead atoms. The SMILES string of the molecule is C[C@@H]1CCCN(c2ccnc(C(=O)NCc3ccccc3)c2)CC1. The van der Waals surface area contributed by atoms with Crippen LogP contribution in [0.2, 0.25) is 0 Å². The molecule has 0 spiro atoms. The van der Waals surface area contributed by atoms with Crippen molar-refractivity contribution in [3.05, 3.63) is 59.9 Å². The summed E-state index contributed by atoms with van der Waals surface area (Å²) in [6, 6.07) is 13.8. The second-order valence-corrected chi connectivity index (χ2v) is 6.59. The Bertz CT molecular complexity index is 672. The highest BCUT2D eigenvalue weighted by atomic mass is 16.1. The van der Waals surface area contributed by atoms with E-state index >= 15 is 0 Å². The van der Waals surface area contributed by atoms with Gasteiger partial charge in [0.25, 0.3) is 5.91 Å². The molecule has 1 aromatic carbocycles. The Morgan fingerprint density at radius 3 is 2.88 bits per heavy atom. The van der Waals surface area contributed by atoms with E-state index in [1.165, 1.54) is 19.3 Å². The molecule has 1 aliphatic heterocycles. The van der Waals surface area contributed by atoms with Gasteiger partial charge in [0.2, 0.25) is 0 Å². The first kappa shape index (κ1) is 16.5. The summed E-state index contributed by atoms with van der Waals surface area (Å²) in [5.74, 6) is 0.661. The van der Waals surface area contributed by atoms with Gasteiger partial charge in [-0.15, -0.1) is 0 Å². The van der Waals surface area contributed by atoms with E-state index in [0.717, 1.165) is 30.3 Å². The van der Waals surface area contributed by atoms with Gasteiger partial charge >= 0.3 is 0 Å². The molecule has 1 saturated heterocycles. The molecule has 1 N–H and O–H groups in total. The Labute approximate surface area is 143 Å². The highest BCUT2D eigenvalue weighted by Gasteiger charge is 2.16. The molecule has 1 amide bonds. The van der Waals surface area contributed by atoms with Crippen LogP contribution >= 0.6 is 0 Å². The average Bonchev–Trinajstić information content (AvgIpc) is 2.85. The minimum absolute atomic E-state index is 0.121. The first-order valence-electron chi connectivity index (χ1n) is 8.75. The Morgan fingerprint density at radius 1 is 1.21 bits per heavy atom. The van der Waals surface area contributed by atoms with Gasteiger partial charge in [-0.2, -0.15) is 0 Å². The quantitative estimate of drug-likeness (QED) is 0.934. The van der Waals surface area contributed by atoms with E-state index in [1.54, 1.807) is 6.20 Å². The van der Waals surface area contributed by atoms with Gasteiger partial charge in [0.1, 0.15) is 5.69 Å². The molecule has 1 fully saturated rings. The molecule has 4 nitrogen and oxygen atoms in total. The largest absolute Gasteiger partial charge is 0.371 e. The van der Waals surface area contributed by atoms with Gasteiger partial charge in [-0.25, -0.2) is 0 Å². The smallest absolute Gasteiger partial charge is 0.270 e. The molecule has 24 heavy (non-hydrogen) atoms. The molecule has 0 radical (unpaired) electrons. The zero-order valence-electron chi connectivity index (χ0n) is 14.2. The summed E-state index contributed by atoms with van der Waals surface area (Å²) >= 11 is 0. The Hall–Kier alpha value is -2.36. The maximum Gasteiger partial charge on any atom is 0.270 e. The molecule has 1 aliphatic rings. The number of carbonyl (C=O) groups is 1. The molecule has 2 aromatic rings. The predicted molar refractivity (Wildman–Crippen MR) is 97.1 cm³/mol. The van der Waals surface area contributed by atoms with Crippen LogP contribution in [0.1, 0.15) is 42.2 Å². The van der Waals surface area contributed by atoms with Gasteiger partial charge in [-0.1, -0.05) is 37.3 Å². The first-order valence-corrected chi connectivity index (χ1v) is 8.75. The Balaban J connectivity index is 1.64. The minimum Gasteiger partial charge on any atom is -0.371 e. The highest BCUT2D eigenvalue weighted by molar-refractivity contribution is 5.93. The van der Waals surface area contributed by atoms with Crippen molar-refractivity contribution in [2.24, 2.45) is 5.92 Å². The molecule has 126 valence electrons. The van der Waals surface area contributed by atoms with Crippen molar-refractivity contribution >= 4 is 11.6 Å². The van der Waals surface area contributed by atoms with Crippen molar-refractivity contribution in [1.29, 1.82) is 0 Å². The van der Waals surface area contributed by atoms with Crippen LogP contribution in [0.15, 0.2) is 48.7 Å². The van der Waals surface area contributed by atoms with Crippen LogP contribution in [0.4, 0.5) is 5.69 Å². The Morgan fingerprint density at radius 2 is 2.04 bits per heavy atom. The lowest BCUT2D eigenvalue weighted by Crippen LogP contribution is -2.26. The molecule has 2 heterocycles. The number of nitrogens with one attached hydrogen (secondary N) is 1. The Kier molecular flexibility index (Phi) is 5.47. The van der Waals surface area contributed by atoms with E-state index in [0.29, 0.717) is 12.2 Å². The number of amides is 1. The zero-order chi connectivity index (χ0) is 16.8. The van der Waals surface area contributed by atoms with Gasteiger partial charge in [-0.3, -0.25) is 9.78 Å². The monoisotopic (exact) mass is 323 g/mol. The highest BCUT2D eigenvalue weighted by Crippen LogP contribution is 2.22. The third-order valence-electron chi connectivity index (χ3n) is 4.65. The van der Waals surface area contributed by atoms with E-state index in [-0.39, 0.29) is 5.91 Å². The predicted octanol–water partition coefficient (Wildman–Crippen LogP) is 3.64. The van der Waals surface area contributed by atoms with Crippen LogP contribution in [-0.4, -0.2) is 24.0 Å². The number of carbonyl (C=O) groups excluding carboxylic acids is 1. The van der Waals surface area contributed by atoms with Crippen molar-refractivity contribution in [1.82, 2.24) is 10.3 Å². The molecule has 1 aromatic heterocycles. The fourth-order valence-electron chi connectivity index (χ4n) is 3.13. The maximum atomic E-state index is 12.4. The van der Waals surface area contributed by atoms with Crippen LogP contribution < -0.4 is 10.2 Å². The number of hydrogen-bond donors (Lipinski definition) is 1. The molecule has 4 heteroatoms. The van der Waals surface area contributed by atoms with Crippen LogP contribution in [0, 0.1) is 5.92 Å². The lowest BCUT2D eigenvalue weighted by atomic mass is 10.0. The summed E-state index contributed by atoms with van der Waals surface area (Å²) in [4.78, 5) is 19.0. The number of benzene rings is 1. The van der Waals surface area contributed by atoms with E-state index < -0.39 is 0 Å². The first-order chi connectivity index (χ1) is 11.7. The van der Waals surface area contributed by atoms with Crippen molar-refractivity contribution in [3.8, 4) is 0 Å². The summed E-state index contributed by atoms with van der Waals surface area (Å²) in [6.45, 7) is 4.95. The maximum absolute atomic E-state index is 12.4. The normalized spacial score (nSPS) is 18.0. The molecular weight excluding hydrogens is 298 g/mol. The molecule has 0 saturated carbocycles. The minimum atomic E-state index is -0.121. The zero-order valence-corrected chi connectivity index (χ0v) is 14.2. The second kappa shape index (κ2) is 7.95. The van der Waals surface area contributed by atoms with Crippen molar-refractivity contribution in [3.63, 3.8) is 0 Å². The number of nitrogens with zero attached hydrogens (tertiary/aromatic N) is 2. The van der Waals surface area contributed by atoms with E-state index in [4.69, 9.17) is 0 Å². The fraction of sp³-hybridized carbons (Fsp3) is 0.400. The van der Waals surface area contributed by atoms with Crippen LogP contribution in [0.5, 0.6) is 0 Å². The standard InChI is InChI=1S/C20H25N3O/c1-16-6-5-12-23(13-10-16)18-9-11-21-19(14-18)20(24)22-15-17-7-3-2-4-8-17/h2-4,7-9,11,14,16H,5-6,10,12-13,15H2,1H3,(H,22,24)/t16-/m1/s1. The topological polar surface area (TPSA) is 45.2 Å².